The molecular formula is C13H14ClFN2S. The Labute approximate surface area is 115 Å². The van der Waals surface area contributed by atoms with Crippen molar-refractivity contribution in [2.75, 3.05) is 0 Å². The van der Waals surface area contributed by atoms with Crippen LogP contribution in [0.4, 0.5) is 4.39 Å². The van der Waals surface area contributed by atoms with Gasteiger partial charge in [0.25, 0.3) is 0 Å². The van der Waals surface area contributed by atoms with Gasteiger partial charge in [-0.3, -0.25) is 0 Å². The van der Waals surface area contributed by atoms with Gasteiger partial charge in [0.2, 0.25) is 0 Å². The number of hydrogen-bond donors (Lipinski definition) is 1. The van der Waals surface area contributed by atoms with Crippen LogP contribution in [0.2, 0.25) is 5.02 Å². The third-order valence-corrected chi connectivity index (χ3v) is 4.53. The molecule has 5 heteroatoms. The smallest absolute Gasteiger partial charge is 0.178 e. The van der Waals surface area contributed by atoms with E-state index in [1.165, 1.54) is 25.3 Å². The number of imidazole rings is 1. The van der Waals surface area contributed by atoms with Gasteiger partial charge in [0.15, 0.2) is 4.77 Å². The van der Waals surface area contributed by atoms with E-state index in [-0.39, 0.29) is 5.02 Å². The summed E-state index contributed by atoms with van der Waals surface area (Å²) < 4.78 is 16.2. The molecule has 1 saturated carbocycles. The molecule has 1 heterocycles. The number of H-pyrrole nitrogens is 1. The summed E-state index contributed by atoms with van der Waals surface area (Å²) in [5.41, 5.74) is 1.90. The maximum absolute atomic E-state index is 13.6. The van der Waals surface area contributed by atoms with Crippen LogP contribution in [-0.2, 0) is 6.54 Å². The highest BCUT2D eigenvalue weighted by Crippen LogP contribution is 2.42. The SMILES string of the molecule is CC1(Cn2c(=S)[nH]c3cc(Cl)c(F)cc32)CCC1. The van der Waals surface area contributed by atoms with E-state index in [2.05, 4.69) is 11.9 Å². The molecule has 0 amide bonds. The lowest BCUT2D eigenvalue weighted by atomic mass is 9.70. The van der Waals surface area contributed by atoms with Crippen molar-refractivity contribution in [3.63, 3.8) is 0 Å². The zero-order valence-electron chi connectivity index (χ0n) is 10.1. The number of aromatic nitrogens is 2. The Morgan fingerprint density at radius 2 is 2.22 bits per heavy atom. The Morgan fingerprint density at radius 1 is 1.50 bits per heavy atom. The average molecular weight is 285 g/mol. The van der Waals surface area contributed by atoms with Crippen LogP contribution in [0.15, 0.2) is 12.1 Å². The number of hydrogen-bond acceptors (Lipinski definition) is 1. The summed E-state index contributed by atoms with van der Waals surface area (Å²) in [5, 5.41) is 0.126. The monoisotopic (exact) mass is 284 g/mol. The van der Waals surface area contributed by atoms with Gasteiger partial charge in [0.05, 0.1) is 16.1 Å². The number of nitrogens with zero attached hydrogens (tertiary/aromatic N) is 1. The third kappa shape index (κ3) is 1.88. The Balaban J connectivity index is 2.13. The molecule has 0 spiro atoms. The number of fused-ring (bicyclic) bond motifs is 1. The molecule has 0 saturated heterocycles. The molecule has 1 N–H and O–H groups in total. The zero-order chi connectivity index (χ0) is 12.9. The van der Waals surface area contributed by atoms with Crippen LogP contribution in [0, 0.1) is 16.0 Å². The minimum Gasteiger partial charge on any atom is -0.331 e. The van der Waals surface area contributed by atoms with E-state index in [0.29, 0.717) is 10.2 Å². The van der Waals surface area contributed by atoms with Crippen molar-refractivity contribution in [2.45, 2.75) is 32.7 Å². The number of aromatic amines is 1. The van der Waals surface area contributed by atoms with Crippen LogP contribution in [0.1, 0.15) is 26.2 Å². The fourth-order valence-corrected chi connectivity index (χ4v) is 3.07. The summed E-state index contributed by atoms with van der Waals surface area (Å²) in [6.07, 6.45) is 3.68. The van der Waals surface area contributed by atoms with Crippen molar-refractivity contribution in [3.8, 4) is 0 Å². The third-order valence-electron chi connectivity index (χ3n) is 3.92. The van der Waals surface area contributed by atoms with Crippen LogP contribution in [0.25, 0.3) is 11.0 Å². The maximum Gasteiger partial charge on any atom is 0.178 e. The van der Waals surface area contributed by atoms with Gasteiger partial charge in [0, 0.05) is 12.6 Å². The second-order valence-corrected chi connectivity index (χ2v) is 6.26. The van der Waals surface area contributed by atoms with Gasteiger partial charge in [-0.25, -0.2) is 4.39 Å². The first-order valence-corrected chi connectivity index (χ1v) is 6.85. The minimum absolute atomic E-state index is 0.126. The topological polar surface area (TPSA) is 20.7 Å². The Bertz CT molecular complexity index is 669. The Morgan fingerprint density at radius 3 is 2.83 bits per heavy atom. The van der Waals surface area contributed by atoms with Crippen molar-refractivity contribution in [3.05, 3.63) is 27.7 Å². The number of benzene rings is 1. The van der Waals surface area contributed by atoms with Gasteiger partial charge in [-0.05, 0) is 36.5 Å². The highest BCUT2D eigenvalue weighted by atomic mass is 35.5. The maximum atomic E-state index is 13.6. The molecule has 1 aromatic carbocycles. The summed E-state index contributed by atoms with van der Waals surface area (Å²) in [6.45, 7) is 3.09. The molecule has 1 aliphatic carbocycles. The largest absolute Gasteiger partial charge is 0.331 e. The van der Waals surface area contributed by atoms with Crippen LogP contribution >= 0.6 is 23.8 Å². The van der Waals surface area contributed by atoms with Gasteiger partial charge < -0.3 is 9.55 Å². The zero-order valence-corrected chi connectivity index (χ0v) is 11.7. The molecule has 18 heavy (non-hydrogen) atoms. The minimum atomic E-state index is -0.398. The van der Waals surface area contributed by atoms with Crippen molar-refractivity contribution in [1.29, 1.82) is 0 Å². The van der Waals surface area contributed by atoms with Gasteiger partial charge in [-0.2, -0.15) is 0 Å². The summed E-state index contributed by atoms with van der Waals surface area (Å²) in [6, 6.07) is 3.06. The number of halogens is 2. The van der Waals surface area contributed by atoms with E-state index in [0.717, 1.165) is 17.6 Å². The summed E-state index contributed by atoms with van der Waals surface area (Å²) in [7, 11) is 0. The normalized spacial score (nSPS) is 17.9. The highest BCUT2D eigenvalue weighted by Gasteiger charge is 2.32. The number of nitrogens with one attached hydrogen (secondary N) is 1. The van der Waals surface area contributed by atoms with Crippen LogP contribution in [-0.4, -0.2) is 9.55 Å². The first kappa shape index (κ1) is 12.2. The van der Waals surface area contributed by atoms with Crippen LogP contribution < -0.4 is 0 Å². The van der Waals surface area contributed by atoms with Gasteiger partial charge in [-0.15, -0.1) is 0 Å². The standard InChI is InChI=1S/C13H14ClFN2S/c1-13(3-2-4-13)7-17-11-6-9(15)8(14)5-10(11)16-12(17)18/h5-6H,2-4,7H2,1H3,(H,16,18). The predicted molar refractivity (Wildman–Crippen MR) is 74.0 cm³/mol. The van der Waals surface area contributed by atoms with E-state index in [1.54, 1.807) is 6.07 Å². The molecule has 96 valence electrons. The lowest BCUT2D eigenvalue weighted by molar-refractivity contribution is 0.133. The van der Waals surface area contributed by atoms with E-state index in [4.69, 9.17) is 23.8 Å². The number of rotatable bonds is 2. The Hall–Kier alpha value is -0.870. The van der Waals surface area contributed by atoms with E-state index in [9.17, 15) is 4.39 Å². The van der Waals surface area contributed by atoms with Gasteiger partial charge in [0.1, 0.15) is 5.82 Å². The molecule has 0 aliphatic heterocycles. The highest BCUT2D eigenvalue weighted by molar-refractivity contribution is 7.71. The summed E-state index contributed by atoms with van der Waals surface area (Å²) >= 11 is 11.1. The average Bonchev–Trinajstić information content (AvgIpc) is 2.55. The molecule has 0 unspecified atom stereocenters. The van der Waals surface area contributed by atoms with Gasteiger partial charge >= 0.3 is 0 Å². The van der Waals surface area contributed by atoms with Crippen molar-refractivity contribution < 1.29 is 4.39 Å². The van der Waals surface area contributed by atoms with Crippen LogP contribution in [0.5, 0.6) is 0 Å². The molecule has 1 aliphatic rings. The van der Waals surface area contributed by atoms with Crippen molar-refractivity contribution >= 4 is 34.9 Å². The van der Waals surface area contributed by atoms with E-state index in [1.807, 2.05) is 4.57 Å². The quantitative estimate of drug-likeness (QED) is 0.794. The molecule has 2 aromatic rings. The van der Waals surface area contributed by atoms with Gasteiger partial charge in [-0.1, -0.05) is 24.9 Å². The second kappa shape index (κ2) is 4.07. The molecule has 1 aromatic heterocycles. The molecule has 0 radical (unpaired) electrons. The first-order valence-electron chi connectivity index (χ1n) is 6.06. The Kier molecular flexibility index (Phi) is 2.75. The van der Waals surface area contributed by atoms with Crippen LogP contribution in [0.3, 0.4) is 0 Å². The fraction of sp³-hybridized carbons (Fsp3) is 0.462. The molecule has 1 fully saturated rings. The summed E-state index contributed by atoms with van der Waals surface area (Å²) in [5.74, 6) is -0.398. The predicted octanol–water partition coefficient (Wildman–Crippen LogP) is 4.68. The molecule has 0 atom stereocenters. The lowest BCUT2D eigenvalue weighted by Gasteiger charge is -2.38. The molecule has 2 nitrogen and oxygen atoms in total. The van der Waals surface area contributed by atoms with Crippen molar-refractivity contribution in [1.82, 2.24) is 9.55 Å². The second-order valence-electron chi connectivity index (χ2n) is 5.46. The summed E-state index contributed by atoms with van der Waals surface area (Å²) in [4.78, 5) is 3.09. The lowest BCUT2D eigenvalue weighted by Crippen LogP contribution is -2.30. The molecular weight excluding hydrogens is 271 g/mol. The first-order chi connectivity index (χ1) is 8.48. The molecule has 3 rings (SSSR count). The van der Waals surface area contributed by atoms with Crippen molar-refractivity contribution in [2.24, 2.45) is 5.41 Å². The van der Waals surface area contributed by atoms with E-state index < -0.39 is 5.82 Å². The fourth-order valence-electron chi connectivity index (χ4n) is 2.63. The molecule has 0 bridgehead atoms. The van der Waals surface area contributed by atoms with E-state index >= 15 is 0 Å².